The number of ether oxygens (including phenoxy) is 1. The van der Waals surface area contributed by atoms with Crippen molar-refractivity contribution in [2.45, 2.75) is 25.8 Å². The lowest BCUT2D eigenvalue weighted by atomic mass is 10.1. The van der Waals surface area contributed by atoms with Crippen LogP contribution in [0.4, 0.5) is 14.6 Å². The minimum Gasteiger partial charge on any atom is -0.494 e. The van der Waals surface area contributed by atoms with E-state index in [2.05, 4.69) is 15.1 Å². The first-order valence-electron chi connectivity index (χ1n) is 14.2. The molecule has 0 unspecified atom stereocenters. The van der Waals surface area contributed by atoms with E-state index in [9.17, 15) is 18.8 Å². The highest BCUT2D eigenvalue weighted by Gasteiger charge is 2.28. The third-order valence-corrected chi connectivity index (χ3v) is 7.54. The summed E-state index contributed by atoms with van der Waals surface area (Å²) in [6, 6.07) is 15.9. The predicted molar refractivity (Wildman–Crippen MR) is 172 cm³/mol. The number of nitrogens with zero attached hydrogens (tertiary/aromatic N) is 6. The van der Waals surface area contributed by atoms with Gasteiger partial charge < -0.3 is 20.7 Å². The van der Waals surface area contributed by atoms with Crippen molar-refractivity contribution in [2.75, 3.05) is 12.8 Å². The lowest BCUT2D eigenvalue weighted by Gasteiger charge is -2.19. The fourth-order valence-electron chi connectivity index (χ4n) is 4.96. The molecule has 0 saturated carbocycles. The Morgan fingerprint density at radius 3 is 2.29 bits per heavy atom. The zero-order chi connectivity index (χ0) is 34.7. The molecule has 0 bridgehead atoms. The quantitative estimate of drug-likeness (QED) is 0.191. The van der Waals surface area contributed by atoms with Crippen molar-refractivity contribution in [3.8, 4) is 22.7 Å². The summed E-state index contributed by atoms with van der Waals surface area (Å²) in [6.45, 7) is 1.76. The van der Waals surface area contributed by atoms with E-state index in [0.29, 0.717) is 17.0 Å². The molecular weight excluding hydrogens is 652 g/mol. The Bertz CT molecular complexity index is 2230. The van der Waals surface area contributed by atoms with Gasteiger partial charge in [0, 0.05) is 5.56 Å². The number of carboxylic acid groups (broad SMARTS) is 2. The van der Waals surface area contributed by atoms with Gasteiger partial charge in [-0.3, -0.25) is 19.0 Å². The molecule has 3 aromatic heterocycles. The molecule has 0 spiro atoms. The van der Waals surface area contributed by atoms with Crippen molar-refractivity contribution in [1.29, 1.82) is 0 Å². The molecule has 0 radical (unpaired) electrons. The van der Waals surface area contributed by atoms with Crippen molar-refractivity contribution >= 4 is 51.3 Å². The van der Waals surface area contributed by atoms with E-state index >= 15 is 4.39 Å². The van der Waals surface area contributed by atoms with Gasteiger partial charge in [0.2, 0.25) is 5.82 Å². The minimum atomic E-state index is -1.17. The second-order valence-electron chi connectivity index (χ2n) is 10.2. The molecule has 0 amide bonds. The molecule has 3 heterocycles. The number of carbonyl (C=O) groups is 2. The molecule has 0 fully saturated rings. The molecule has 13 nitrogen and oxygen atoms in total. The van der Waals surface area contributed by atoms with Crippen molar-refractivity contribution in [2.24, 2.45) is 0 Å². The number of carboxylic acids is 2. The number of rotatable bonds is 8. The van der Waals surface area contributed by atoms with Gasteiger partial charge in [0.15, 0.2) is 17.2 Å². The smallest absolute Gasteiger partial charge is 0.303 e. The first-order chi connectivity index (χ1) is 22.9. The van der Waals surface area contributed by atoms with Crippen LogP contribution < -0.4 is 16.0 Å². The molecule has 0 aliphatic rings. The Kier molecular flexibility index (Phi) is 9.61. The summed E-state index contributed by atoms with van der Waals surface area (Å²) in [5.74, 6) is -4.42. The SMILES string of the molecule is COc1ccc(-c2nn([C@@H](C)c3nc4cccc(Cl)c4c(=O)n3-c3ccccc3)c3ncnc(N)c23)c(F)c1F.O=C(O)CCC(=O)O. The van der Waals surface area contributed by atoms with Crippen LogP contribution >= 0.6 is 11.6 Å². The van der Waals surface area contributed by atoms with Crippen molar-refractivity contribution in [3.63, 3.8) is 0 Å². The maximum Gasteiger partial charge on any atom is 0.303 e. The summed E-state index contributed by atoms with van der Waals surface area (Å²) >= 11 is 6.41. The van der Waals surface area contributed by atoms with E-state index in [-0.39, 0.29) is 62.7 Å². The average molecular weight is 678 g/mol. The van der Waals surface area contributed by atoms with Gasteiger partial charge in [0.05, 0.1) is 47.0 Å². The number of benzene rings is 3. The number of aliphatic carboxylic acids is 2. The minimum absolute atomic E-state index is 0.0211. The van der Waals surface area contributed by atoms with Crippen molar-refractivity contribution in [3.05, 3.63) is 99.8 Å². The van der Waals surface area contributed by atoms with Gasteiger partial charge >= 0.3 is 11.9 Å². The largest absolute Gasteiger partial charge is 0.494 e. The molecule has 1 atom stereocenters. The lowest BCUT2D eigenvalue weighted by Crippen LogP contribution is -2.27. The van der Waals surface area contributed by atoms with Gasteiger partial charge in [-0.2, -0.15) is 9.49 Å². The molecule has 4 N–H and O–H groups in total. The number of fused-ring (bicyclic) bond motifs is 2. The third kappa shape index (κ3) is 6.35. The maximum absolute atomic E-state index is 15.2. The van der Waals surface area contributed by atoms with E-state index < -0.39 is 29.6 Å². The van der Waals surface area contributed by atoms with E-state index in [1.54, 1.807) is 49.4 Å². The second kappa shape index (κ2) is 13.8. The van der Waals surface area contributed by atoms with Crippen molar-refractivity contribution < 1.29 is 33.3 Å². The fraction of sp³-hybridized carbons (Fsp3) is 0.156. The highest BCUT2D eigenvalue weighted by Crippen LogP contribution is 2.36. The number of anilines is 1. The number of para-hydroxylation sites is 1. The normalized spacial score (nSPS) is 11.6. The zero-order valence-corrected chi connectivity index (χ0v) is 26.0. The van der Waals surface area contributed by atoms with Crippen LogP contribution in [-0.2, 0) is 9.59 Å². The van der Waals surface area contributed by atoms with Gasteiger partial charge in [-0.1, -0.05) is 35.9 Å². The number of hydrogen-bond acceptors (Lipinski definition) is 9. The Balaban J connectivity index is 0.000000503. The van der Waals surface area contributed by atoms with E-state index in [0.717, 1.165) is 0 Å². The summed E-state index contributed by atoms with van der Waals surface area (Å²) < 4.78 is 37.7. The molecule has 0 aliphatic heterocycles. The first-order valence-corrected chi connectivity index (χ1v) is 14.5. The number of nitrogen functional groups attached to an aromatic ring is 1. The molecule has 3 aromatic carbocycles. The van der Waals surface area contributed by atoms with Crippen LogP contribution in [-0.4, -0.2) is 58.6 Å². The summed E-state index contributed by atoms with van der Waals surface area (Å²) in [5.41, 5.74) is 6.87. The van der Waals surface area contributed by atoms with Gasteiger partial charge in [-0.15, -0.1) is 0 Å². The van der Waals surface area contributed by atoms with Gasteiger partial charge in [0.1, 0.15) is 29.7 Å². The van der Waals surface area contributed by atoms with Crippen LogP contribution in [0.1, 0.15) is 31.6 Å². The van der Waals surface area contributed by atoms with E-state index in [4.69, 9.17) is 37.3 Å². The molecule has 6 aromatic rings. The zero-order valence-electron chi connectivity index (χ0n) is 25.3. The summed E-state index contributed by atoms with van der Waals surface area (Å²) in [6.07, 6.45) is 0.653. The molecular formula is C32H26ClF2N7O6. The van der Waals surface area contributed by atoms with Crippen LogP contribution in [0, 0.1) is 11.6 Å². The van der Waals surface area contributed by atoms with Crippen molar-refractivity contribution in [1.82, 2.24) is 29.3 Å². The van der Waals surface area contributed by atoms with Gasteiger partial charge in [0.25, 0.3) is 5.56 Å². The third-order valence-electron chi connectivity index (χ3n) is 7.22. The lowest BCUT2D eigenvalue weighted by molar-refractivity contribution is -0.143. The van der Waals surface area contributed by atoms with Crippen LogP contribution in [0.2, 0.25) is 5.02 Å². The summed E-state index contributed by atoms with van der Waals surface area (Å²) in [5, 5.41) is 21.2. The topological polar surface area (TPSA) is 188 Å². The summed E-state index contributed by atoms with van der Waals surface area (Å²) in [7, 11) is 1.24. The van der Waals surface area contributed by atoms with E-state index in [1.807, 2.05) is 6.07 Å². The van der Waals surface area contributed by atoms with Crippen LogP contribution in [0.5, 0.6) is 5.75 Å². The predicted octanol–water partition coefficient (Wildman–Crippen LogP) is 5.26. The standard InChI is InChI=1S/C28H20ClF2N7O2.C4H6O4/c1-14(26-35-18-10-6-9-17(29)20(18)28(39)37(26)15-7-4-3-5-8-15)38-27-21(25(32)33-13-34-27)24(36-38)16-11-12-19(40-2)23(31)22(16)30;5-3(6)1-2-4(7)8/h3-14H,1-2H3,(H2,32,33,34);1-2H2,(H,5,6)(H,7,8)/t14-;/m0./s1. The second-order valence-corrected chi connectivity index (χ2v) is 10.6. The number of aromatic nitrogens is 6. The number of methoxy groups -OCH3 is 1. The molecule has 6 rings (SSSR count). The monoisotopic (exact) mass is 677 g/mol. The van der Waals surface area contributed by atoms with Crippen LogP contribution in [0.3, 0.4) is 0 Å². The Hall–Kier alpha value is -5.96. The highest BCUT2D eigenvalue weighted by molar-refractivity contribution is 6.35. The molecule has 48 heavy (non-hydrogen) atoms. The Labute approximate surface area is 274 Å². The van der Waals surface area contributed by atoms with Gasteiger partial charge in [-0.05, 0) is 43.3 Å². The van der Waals surface area contributed by atoms with E-state index in [1.165, 1.54) is 34.8 Å². The number of halogens is 3. The number of nitrogens with two attached hydrogens (primary N) is 1. The molecule has 246 valence electrons. The molecule has 0 saturated heterocycles. The molecule has 16 heteroatoms. The fourth-order valence-corrected chi connectivity index (χ4v) is 5.21. The average Bonchev–Trinajstić information content (AvgIpc) is 3.46. The number of hydrogen-bond donors (Lipinski definition) is 3. The summed E-state index contributed by atoms with van der Waals surface area (Å²) in [4.78, 5) is 46.3. The Morgan fingerprint density at radius 2 is 1.65 bits per heavy atom. The Morgan fingerprint density at radius 1 is 0.958 bits per heavy atom. The van der Waals surface area contributed by atoms with Crippen LogP contribution in [0.25, 0.3) is 38.9 Å². The van der Waals surface area contributed by atoms with Gasteiger partial charge in [-0.25, -0.2) is 24.0 Å². The maximum atomic E-state index is 15.2. The highest BCUT2D eigenvalue weighted by atomic mass is 35.5. The van der Waals surface area contributed by atoms with Crippen LogP contribution in [0.15, 0.2) is 71.8 Å². The molecule has 0 aliphatic carbocycles. The first kappa shape index (κ1) is 33.4.